The largest absolute Gasteiger partial charge is 0.394 e. The average molecular weight is 974 g/mol. The van der Waals surface area contributed by atoms with Gasteiger partial charge in [-0.15, -0.1) is 0 Å². The van der Waals surface area contributed by atoms with Crippen molar-refractivity contribution in [2.24, 2.45) is 5.73 Å². The lowest BCUT2D eigenvalue weighted by Crippen LogP contribution is -2.64. The first-order chi connectivity index (χ1) is 32.2. The van der Waals surface area contributed by atoms with Crippen LogP contribution in [0.2, 0.25) is 0 Å². The summed E-state index contributed by atoms with van der Waals surface area (Å²) in [6, 6.07) is -1.83. The van der Waals surface area contributed by atoms with Crippen LogP contribution < -0.4 is 27.0 Å². The molecule has 2 rings (SSSR count). The van der Waals surface area contributed by atoms with Gasteiger partial charge in [0, 0.05) is 52.6 Å². The number of hydrogen-bond acceptors (Lipinski definition) is 22. The molecule has 2 aliphatic heterocycles. The molecule has 390 valence electrons. The highest BCUT2D eigenvalue weighted by Gasteiger charge is 2.45. The van der Waals surface area contributed by atoms with Crippen molar-refractivity contribution in [2.45, 2.75) is 100 Å². The maximum atomic E-state index is 12.3. The van der Waals surface area contributed by atoms with E-state index in [0.29, 0.717) is 0 Å². The predicted molar refractivity (Wildman–Crippen MR) is 230 cm³/mol. The van der Waals surface area contributed by atoms with Gasteiger partial charge in [0.25, 0.3) is 0 Å². The number of ether oxygens (including phenoxy) is 11. The molecule has 2 heterocycles. The number of aliphatic hydroxyl groups is 5. The Bertz CT molecular complexity index is 1380. The minimum absolute atomic E-state index is 0.00122. The molecule has 2 saturated heterocycles. The second-order valence-electron chi connectivity index (χ2n) is 15.6. The molecule has 0 saturated carbocycles. The van der Waals surface area contributed by atoms with E-state index in [4.69, 9.17) is 57.8 Å². The summed E-state index contributed by atoms with van der Waals surface area (Å²) < 4.78 is 61.0. The summed E-state index contributed by atoms with van der Waals surface area (Å²) in [5, 5.41) is 60.0. The van der Waals surface area contributed by atoms with Crippen molar-refractivity contribution in [2.75, 3.05) is 132 Å². The second-order valence-corrected chi connectivity index (χ2v) is 15.6. The minimum Gasteiger partial charge on any atom is -0.394 e. The second kappa shape index (κ2) is 35.9. The minimum atomic E-state index is -1.41. The zero-order chi connectivity index (χ0) is 49.3. The SMILES string of the molecule is CC(=O)NC1C(O)CC(CO)OC1OCCOCCOCCNC(=O)CCOCC(N)(COCCC=O)COCCC(=O)NCCOCCOCCOC1OC(CO)C(O)C(O)C1NC(C)=O. The number of carbonyl (C=O) groups is 5. The van der Waals surface area contributed by atoms with Gasteiger partial charge in [0.05, 0.1) is 137 Å². The van der Waals surface area contributed by atoms with Crippen molar-refractivity contribution < 1.29 is 102 Å². The fourth-order valence-electron chi connectivity index (χ4n) is 6.40. The molecule has 11 N–H and O–H groups in total. The first-order valence-electron chi connectivity index (χ1n) is 22.4. The molecule has 0 bridgehead atoms. The van der Waals surface area contributed by atoms with Gasteiger partial charge in [-0.3, -0.25) is 19.2 Å². The molecule has 26 nitrogen and oxygen atoms in total. The molecular weight excluding hydrogens is 898 g/mol. The number of rotatable bonds is 39. The van der Waals surface area contributed by atoms with E-state index in [2.05, 4.69) is 21.3 Å². The van der Waals surface area contributed by atoms with Crippen LogP contribution in [0, 0.1) is 0 Å². The van der Waals surface area contributed by atoms with E-state index in [-0.39, 0.29) is 169 Å². The first-order valence-corrected chi connectivity index (χ1v) is 22.4. The smallest absolute Gasteiger partial charge is 0.222 e. The van der Waals surface area contributed by atoms with Gasteiger partial charge >= 0.3 is 0 Å². The zero-order valence-electron chi connectivity index (χ0n) is 38.6. The Morgan fingerprint density at radius 2 is 1.07 bits per heavy atom. The van der Waals surface area contributed by atoms with Crippen LogP contribution in [-0.4, -0.2) is 248 Å². The van der Waals surface area contributed by atoms with E-state index in [1.165, 1.54) is 13.8 Å². The van der Waals surface area contributed by atoms with Gasteiger partial charge in [0.2, 0.25) is 23.6 Å². The molecule has 4 amide bonds. The van der Waals surface area contributed by atoms with Gasteiger partial charge in [-0.2, -0.15) is 0 Å². The molecule has 0 aromatic rings. The van der Waals surface area contributed by atoms with Gasteiger partial charge in [0.15, 0.2) is 12.6 Å². The first kappa shape index (κ1) is 60.0. The monoisotopic (exact) mass is 973 g/mol. The third-order valence-electron chi connectivity index (χ3n) is 9.76. The molecule has 67 heavy (non-hydrogen) atoms. The maximum Gasteiger partial charge on any atom is 0.222 e. The van der Waals surface area contributed by atoms with Gasteiger partial charge in [-0.05, 0) is 0 Å². The molecule has 2 fully saturated rings. The number of nitrogens with two attached hydrogens (primary N) is 1. The highest BCUT2D eigenvalue weighted by Crippen LogP contribution is 2.23. The fourth-order valence-corrected chi connectivity index (χ4v) is 6.40. The van der Waals surface area contributed by atoms with Crippen LogP contribution in [0.1, 0.15) is 39.5 Å². The zero-order valence-corrected chi connectivity index (χ0v) is 38.6. The van der Waals surface area contributed by atoms with Crippen LogP contribution in [0.25, 0.3) is 0 Å². The molecular formula is C41H75N5O21. The van der Waals surface area contributed by atoms with Gasteiger partial charge in [-0.25, -0.2) is 0 Å². The Balaban J connectivity index is 1.51. The van der Waals surface area contributed by atoms with Crippen LogP contribution in [0.3, 0.4) is 0 Å². The highest BCUT2D eigenvalue weighted by molar-refractivity contribution is 5.76. The molecule has 0 aromatic carbocycles. The van der Waals surface area contributed by atoms with E-state index in [9.17, 15) is 49.5 Å². The van der Waals surface area contributed by atoms with Crippen LogP contribution >= 0.6 is 0 Å². The van der Waals surface area contributed by atoms with Gasteiger partial charge in [-0.1, -0.05) is 0 Å². The van der Waals surface area contributed by atoms with Gasteiger partial charge in [0.1, 0.15) is 36.7 Å². The maximum absolute atomic E-state index is 12.3. The Labute approximate surface area is 390 Å². The number of amides is 4. The van der Waals surface area contributed by atoms with Crippen molar-refractivity contribution in [1.29, 1.82) is 0 Å². The van der Waals surface area contributed by atoms with Crippen LogP contribution in [0.5, 0.6) is 0 Å². The van der Waals surface area contributed by atoms with Crippen molar-refractivity contribution in [3.63, 3.8) is 0 Å². The topological polar surface area (TPSA) is 362 Å². The van der Waals surface area contributed by atoms with Crippen molar-refractivity contribution in [3.05, 3.63) is 0 Å². The normalized spacial score (nSPS) is 24.9. The quantitative estimate of drug-likeness (QED) is 0.0203. The number of hydrogen-bond donors (Lipinski definition) is 10. The molecule has 2 aliphatic rings. The van der Waals surface area contributed by atoms with Crippen LogP contribution in [0.15, 0.2) is 0 Å². The molecule has 0 aliphatic carbocycles. The molecule has 26 heteroatoms. The Morgan fingerprint density at radius 3 is 1.55 bits per heavy atom. The van der Waals surface area contributed by atoms with Crippen molar-refractivity contribution in [1.82, 2.24) is 21.3 Å². The summed E-state index contributed by atoms with van der Waals surface area (Å²) in [5.41, 5.74) is 5.35. The van der Waals surface area contributed by atoms with Crippen molar-refractivity contribution >= 4 is 29.9 Å². The van der Waals surface area contributed by atoms with E-state index in [1.54, 1.807) is 0 Å². The summed E-state index contributed by atoms with van der Waals surface area (Å²) in [7, 11) is 0. The Kier molecular flexibility index (Phi) is 32.1. The van der Waals surface area contributed by atoms with E-state index in [1.807, 2.05) is 0 Å². The molecule has 0 radical (unpaired) electrons. The number of aldehydes is 1. The highest BCUT2D eigenvalue weighted by atomic mass is 16.7. The van der Waals surface area contributed by atoms with Gasteiger partial charge < -0.3 is 109 Å². The fraction of sp³-hybridized carbons (Fsp3) is 0.878. The molecule has 10 unspecified atom stereocenters. The lowest BCUT2D eigenvalue weighted by atomic mass is 9.97. The average Bonchev–Trinajstić information content (AvgIpc) is 3.29. The summed E-state index contributed by atoms with van der Waals surface area (Å²) in [6.07, 6.45) is -6.39. The summed E-state index contributed by atoms with van der Waals surface area (Å²) >= 11 is 0. The summed E-state index contributed by atoms with van der Waals surface area (Å²) in [4.78, 5) is 58.4. The third-order valence-corrected chi connectivity index (χ3v) is 9.76. The Hall–Kier alpha value is -3.13. The Morgan fingerprint density at radius 1 is 0.612 bits per heavy atom. The summed E-state index contributed by atoms with van der Waals surface area (Å²) in [5.74, 6) is -1.36. The number of carbonyl (C=O) groups excluding carboxylic acids is 5. The molecule has 10 atom stereocenters. The van der Waals surface area contributed by atoms with Crippen LogP contribution in [-0.2, 0) is 76.1 Å². The number of aliphatic hydroxyl groups excluding tert-OH is 5. The lowest BCUT2D eigenvalue weighted by Gasteiger charge is -2.42. The van der Waals surface area contributed by atoms with Crippen molar-refractivity contribution in [3.8, 4) is 0 Å². The molecule has 0 aromatic heterocycles. The third kappa shape index (κ3) is 26.4. The van der Waals surface area contributed by atoms with E-state index >= 15 is 0 Å². The predicted octanol–water partition coefficient (Wildman–Crippen LogP) is -5.65. The van der Waals surface area contributed by atoms with E-state index < -0.39 is 73.2 Å². The lowest BCUT2D eigenvalue weighted by molar-refractivity contribution is -0.272. The summed E-state index contributed by atoms with van der Waals surface area (Å²) in [6.45, 7) is 4.22. The van der Waals surface area contributed by atoms with Crippen LogP contribution in [0.4, 0.5) is 0 Å². The van der Waals surface area contributed by atoms with E-state index in [0.717, 1.165) is 6.29 Å². The standard InChI is InChI=1S/C41H75N5O21/c1-28(50)45-35-31(52)22-30(23-48)66-39(35)64-20-18-59-16-14-57-12-6-43-33(53)4-10-62-26-41(42,25-61-9-3-8-47)27-63-11-5-34(54)44-7-13-58-15-17-60-19-21-65-40-36(46-29(2)51)38(56)37(55)32(24-49)67-40/h8,30-32,35-40,48-49,52,55-56H,3-7,9-27,42H2,1-2H3,(H,43,53)(H,44,54)(H,45,50)(H,46,51). The molecule has 0 spiro atoms. The number of nitrogens with one attached hydrogen (secondary N) is 4.